The van der Waals surface area contributed by atoms with Crippen LogP contribution in [-0.2, 0) is 4.74 Å². The number of hydrogen-bond donors (Lipinski definition) is 0. The first-order valence-electron chi connectivity index (χ1n) is 7.01. The van der Waals surface area contributed by atoms with Crippen molar-refractivity contribution in [3.63, 3.8) is 0 Å². The maximum Gasteiger partial charge on any atom is 0.161 e. The third-order valence-electron chi connectivity index (χ3n) is 3.82. The Morgan fingerprint density at radius 3 is 2.37 bits per heavy atom. The van der Waals surface area contributed by atoms with Crippen LogP contribution < -0.4 is 9.47 Å². The molecule has 0 aromatic heterocycles. The Bertz CT molecular complexity index is 414. The lowest BCUT2D eigenvalue weighted by Crippen LogP contribution is -2.15. The Balaban J connectivity index is 2.08. The van der Waals surface area contributed by atoms with Crippen LogP contribution >= 0.6 is 0 Å². The van der Waals surface area contributed by atoms with E-state index >= 15 is 0 Å². The van der Waals surface area contributed by atoms with Gasteiger partial charge < -0.3 is 14.2 Å². The molecule has 3 nitrogen and oxygen atoms in total. The standard InChI is InChI=1S/C16H24O3/c1-11(2)12-5-8-15(16(9-12)18-4)19-14-7-6-13(10-14)17-3/h5,8-9,11,13-14H,6-7,10H2,1-4H3. The summed E-state index contributed by atoms with van der Waals surface area (Å²) < 4.78 is 16.9. The van der Waals surface area contributed by atoms with Crippen molar-refractivity contribution in [1.82, 2.24) is 0 Å². The van der Waals surface area contributed by atoms with Gasteiger partial charge in [0.05, 0.1) is 13.2 Å². The molecular formula is C16H24O3. The van der Waals surface area contributed by atoms with E-state index in [1.807, 2.05) is 6.07 Å². The van der Waals surface area contributed by atoms with Crippen LogP contribution in [0.1, 0.15) is 44.6 Å². The molecule has 0 saturated heterocycles. The summed E-state index contributed by atoms with van der Waals surface area (Å²) in [5, 5.41) is 0. The van der Waals surface area contributed by atoms with E-state index in [4.69, 9.17) is 14.2 Å². The molecule has 1 fully saturated rings. The summed E-state index contributed by atoms with van der Waals surface area (Å²) >= 11 is 0. The van der Waals surface area contributed by atoms with Gasteiger partial charge >= 0.3 is 0 Å². The molecule has 0 heterocycles. The van der Waals surface area contributed by atoms with E-state index in [0.717, 1.165) is 30.8 Å². The van der Waals surface area contributed by atoms with Gasteiger partial charge in [-0.3, -0.25) is 0 Å². The maximum absolute atomic E-state index is 6.06. The van der Waals surface area contributed by atoms with E-state index in [1.165, 1.54) is 5.56 Å². The second kappa shape index (κ2) is 6.29. The molecule has 1 aromatic rings. The van der Waals surface area contributed by atoms with Gasteiger partial charge in [-0.25, -0.2) is 0 Å². The van der Waals surface area contributed by atoms with Crippen LogP contribution in [-0.4, -0.2) is 26.4 Å². The lowest BCUT2D eigenvalue weighted by molar-refractivity contribution is 0.0940. The van der Waals surface area contributed by atoms with Crippen LogP contribution in [0.4, 0.5) is 0 Å². The van der Waals surface area contributed by atoms with Crippen LogP contribution in [0, 0.1) is 0 Å². The summed E-state index contributed by atoms with van der Waals surface area (Å²) in [6.45, 7) is 4.35. The van der Waals surface area contributed by atoms with Crippen LogP contribution in [0.25, 0.3) is 0 Å². The number of hydrogen-bond acceptors (Lipinski definition) is 3. The van der Waals surface area contributed by atoms with Gasteiger partial charge in [0.15, 0.2) is 11.5 Å². The van der Waals surface area contributed by atoms with Crippen LogP contribution in [0.2, 0.25) is 0 Å². The van der Waals surface area contributed by atoms with Crippen LogP contribution in [0.3, 0.4) is 0 Å². The zero-order valence-electron chi connectivity index (χ0n) is 12.3. The Hall–Kier alpha value is -1.22. The van der Waals surface area contributed by atoms with Crippen molar-refractivity contribution in [2.24, 2.45) is 0 Å². The fourth-order valence-electron chi connectivity index (χ4n) is 2.54. The largest absolute Gasteiger partial charge is 0.493 e. The zero-order valence-corrected chi connectivity index (χ0v) is 12.3. The normalized spacial score (nSPS) is 22.8. The van der Waals surface area contributed by atoms with Gasteiger partial charge in [-0.15, -0.1) is 0 Å². The average molecular weight is 264 g/mol. The highest BCUT2D eigenvalue weighted by atomic mass is 16.5. The van der Waals surface area contributed by atoms with Crippen molar-refractivity contribution in [2.45, 2.75) is 51.2 Å². The highest BCUT2D eigenvalue weighted by Crippen LogP contribution is 2.34. The molecule has 3 heteroatoms. The first-order valence-corrected chi connectivity index (χ1v) is 7.01. The van der Waals surface area contributed by atoms with Crippen LogP contribution in [0.5, 0.6) is 11.5 Å². The van der Waals surface area contributed by atoms with Crippen molar-refractivity contribution in [2.75, 3.05) is 14.2 Å². The summed E-state index contributed by atoms with van der Waals surface area (Å²) in [4.78, 5) is 0. The fourth-order valence-corrected chi connectivity index (χ4v) is 2.54. The molecule has 0 spiro atoms. The van der Waals surface area contributed by atoms with Crippen molar-refractivity contribution in [1.29, 1.82) is 0 Å². The van der Waals surface area contributed by atoms with Crippen molar-refractivity contribution in [3.8, 4) is 11.5 Å². The quantitative estimate of drug-likeness (QED) is 0.810. The van der Waals surface area contributed by atoms with Crippen LogP contribution in [0.15, 0.2) is 18.2 Å². The smallest absolute Gasteiger partial charge is 0.161 e. The van der Waals surface area contributed by atoms with Gasteiger partial charge in [-0.2, -0.15) is 0 Å². The molecule has 1 saturated carbocycles. The number of ether oxygens (including phenoxy) is 3. The van der Waals surface area contributed by atoms with E-state index in [0.29, 0.717) is 12.0 Å². The molecule has 0 N–H and O–H groups in total. The molecule has 19 heavy (non-hydrogen) atoms. The Kier molecular flexibility index (Phi) is 4.70. The fraction of sp³-hybridized carbons (Fsp3) is 0.625. The van der Waals surface area contributed by atoms with Gasteiger partial charge in [-0.1, -0.05) is 19.9 Å². The molecular weight excluding hydrogens is 240 g/mol. The van der Waals surface area contributed by atoms with E-state index < -0.39 is 0 Å². The molecule has 0 bridgehead atoms. The second-order valence-electron chi connectivity index (χ2n) is 5.48. The topological polar surface area (TPSA) is 27.7 Å². The maximum atomic E-state index is 6.06. The third kappa shape index (κ3) is 3.41. The Morgan fingerprint density at radius 2 is 1.79 bits per heavy atom. The summed E-state index contributed by atoms with van der Waals surface area (Å²) in [6, 6.07) is 6.21. The van der Waals surface area contributed by atoms with Gasteiger partial charge in [0.2, 0.25) is 0 Å². The number of methoxy groups -OCH3 is 2. The third-order valence-corrected chi connectivity index (χ3v) is 3.82. The first kappa shape index (κ1) is 14.2. The molecule has 0 amide bonds. The Labute approximate surface area is 115 Å². The average Bonchev–Trinajstić information content (AvgIpc) is 2.86. The molecule has 1 aliphatic rings. The molecule has 1 aromatic carbocycles. The lowest BCUT2D eigenvalue weighted by Gasteiger charge is -2.17. The summed E-state index contributed by atoms with van der Waals surface area (Å²) in [5.41, 5.74) is 1.27. The predicted molar refractivity (Wildman–Crippen MR) is 76.1 cm³/mol. The number of benzene rings is 1. The van der Waals surface area contributed by atoms with E-state index in [-0.39, 0.29) is 6.10 Å². The van der Waals surface area contributed by atoms with Gasteiger partial charge in [0, 0.05) is 13.5 Å². The molecule has 2 unspecified atom stereocenters. The summed E-state index contributed by atoms with van der Waals surface area (Å²) in [5.74, 6) is 2.16. The Morgan fingerprint density at radius 1 is 1.05 bits per heavy atom. The van der Waals surface area contributed by atoms with Crippen molar-refractivity contribution >= 4 is 0 Å². The second-order valence-corrected chi connectivity index (χ2v) is 5.48. The minimum Gasteiger partial charge on any atom is -0.493 e. The molecule has 2 rings (SSSR count). The van der Waals surface area contributed by atoms with E-state index in [9.17, 15) is 0 Å². The molecule has 0 aliphatic heterocycles. The minimum absolute atomic E-state index is 0.240. The first-order chi connectivity index (χ1) is 9.13. The highest BCUT2D eigenvalue weighted by molar-refractivity contribution is 5.44. The van der Waals surface area contributed by atoms with Gasteiger partial charge in [-0.05, 0) is 36.5 Å². The minimum atomic E-state index is 0.240. The molecule has 1 aliphatic carbocycles. The van der Waals surface area contributed by atoms with E-state index in [1.54, 1.807) is 14.2 Å². The lowest BCUT2D eigenvalue weighted by atomic mass is 10.0. The molecule has 106 valence electrons. The summed E-state index contributed by atoms with van der Waals surface area (Å²) in [7, 11) is 3.46. The number of rotatable bonds is 5. The van der Waals surface area contributed by atoms with Gasteiger partial charge in [0.1, 0.15) is 6.10 Å². The van der Waals surface area contributed by atoms with Crippen molar-refractivity contribution < 1.29 is 14.2 Å². The van der Waals surface area contributed by atoms with Gasteiger partial charge in [0.25, 0.3) is 0 Å². The highest BCUT2D eigenvalue weighted by Gasteiger charge is 2.26. The van der Waals surface area contributed by atoms with Crippen molar-refractivity contribution in [3.05, 3.63) is 23.8 Å². The molecule has 0 radical (unpaired) electrons. The summed E-state index contributed by atoms with van der Waals surface area (Å²) in [6.07, 6.45) is 3.67. The molecule has 2 atom stereocenters. The zero-order chi connectivity index (χ0) is 13.8. The van der Waals surface area contributed by atoms with E-state index in [2.05, 4.69) is 26.0 Å². The SMILES string of the molecule is COc1cc(C(C)C)ccc1OC1CCC(OC)C1. The monoisotopic (exact) mass is 264 g/mol. The predicted octanol–water partition coefficient (Wildman–Crippen LogP) is 3.76.